The molecule has 1 aromatic rings. The van der Waals surface area contributed by atoms with Crippen LogP contribution < -0.4 is 16.0 Å². The number of thioether (sulfide) groups is 1. The molecule has 1 aromatic heterocycles. The molecule has 0 radical (unpaired) electrons. The topological polar surface area (TPSA) is 79.6 Å². The summed E-state index contributed by atoms with van der Waals surface area (Å²) in [6.45, 7) is 1.85. The van der Waals surface area contributed by atoms with Gasteiger partial charge in [0.05, 0.1) is 11.9 Å². The largest absolute Gasteiger partial charge is 0.358 e. The Labute approximate surface area is 141 Å². The van der Waals surface area contributed by atoms with Gasteiger partial charge in [0.1, 0.15) is 5.70 Å². The van der Waals surface area contributed by atoms with E-state index in [-0.39, 0.29) is 17.0 Å². The Morgan fingerprint density at radius 3 is 2.90 bits per heavy atom. The minimum atomic E-state index is -0.132. The summed E-state index contributed by atoms with van der Waals surface area (Å²) in [7, 11) is 0. The molecule has 0 fully saturated rings. The lowest BCUT2D eigenvalue weighted by molar-refractivity contribution is -0.124. The van der Waals surface area contributed by atoms with E-state index in [0.717, 1.165) is 15.9 Å². The summed E-state index contributed by atoms with van der Waals surface area (Å²) in [5.41, 5.74) is 1.07. The maximum Gasteiger partial charge on any atom is 0.291 e. The number of hydrogen-bond acceptors (Lipinski definition) is 4. The molecular formula is C13H17BrClN4OS+. The van der Waals surface area contributed by atoms with E-state index in [1.54, 1.807) is 24.2 Å². The van der Waals surface area contributed by atoms with E-state index in [9.17, 15) is 4.79 Å². The molecule has 0 aliphatic carbocycles. The van der Waals surface area contributed by atoms with Crippen LogP contribution in [0.25, 0.3) is 0 Å². The third kappa shape index (κ3) is 6.50. The zero-order valence-corrected chi connectivity index (χ0v) is 14.8. The molecule has 5 nitrogen and oxygen atoms in total. The molecule has 0 aliphatic heterocycles. The van der Waals surface area contributed by atoms with Crippen LogP contribution in [0, 0.1) is 5.92 Å². The van der Waals surface area contributed by atoms with Crippen molar-refractivity contribution in [3.05, 3.63) is 34.8 Å². The van der Waals surface area contributed by atoms with Crippen molar-refractivity contribution in [3.63, 3.8) is 0 Å². The third-order valence-electron chi connectivity index (χ3n) is 2.47. The monoisotopic (exact) mass is 391 g/mol. The fourth-order valence-corrected chi connectivity index (χ4v) is 2.51. The van der Waals surface area contributed by atoms with Gasteiger partial charge in [-0.3, -0.25) is 9.78 Å². The van der Waals surface area contributed by atoms with Gasteiger partial charge in [0.15, 0.2) is 0 Å². The molecule has 4 N–H and O–H groups in total. The van der Waals surface area contributed by atoms with Crippen LogP contribution in [-0.2, 0) is 4.79 Å². The first kappa shape index (κ1) is 18.0. The Morgan fingerprint density at radius 1 is 1.62 bits per heavy atom. The molecule has 0 saturated heterocycles. The van der Waals surface area contributed by atoms with E-state index in [0.29, 0.717) is 5.70 Å². The number of amides is 1. The average Bonchev–Trinajstić information content (AvgIpc) is 2.43. The Bertz CT molecular complexity index is 553. The van der Waals surface area contributed by atoms with Crippen LogP contribution >= 0.6 is 39.3 Å². The zero-order chi connectivity index (χ0) is 15.8. The highest BCUT2D eigenvalue weighted by molar-refractivity contribution is 9.10. The molecule has 1 amide bonds. The number of pyridine rings is 1. The molecule has 0 spiro atoms. The van der Waals surface area contributed by atoms with Crippen molar-refractivity contribution in [2.75, 3.05) is 17.3 Å². The van der Waals surface area contributed by atoms with Gasteiger partial charge in [-0.05, 0) is 39.9 Å². The fourth-order valence-electron chi connectivity index (χ4n) is 1.39. The van der Waals surface area contributed by atoms with Crippen LogP contribution in [0.15, 0.2) is 34.8 Å². The second-order valence-corrected chi connectivity index (χ2v) is 6.52. The second-order valence-electron chi connectivity index (χ2n) is 4.29. The molecule has 1 rings (SSSR count). The number of carbonyl (C=O) groups is 1. The predicted octanol–water partition coefficient (Wildman–Crippen LogP) is 1.61. The summed E-state index contributed by atoms with van der Waals surface area (Å²) in [6.07, 6.45) is 6.80. The summed E-state index contributed by atoms with van der Waals surface area (Å²) in [5, 5.41) is 11.3. The molecule has 0 aromatic carbocycles. The highest BCUT2D eigenvalue weighted by Crippen LogP contribution is 2.14. The lowest BCUT2D eigenvalue weighted by Crippen LogP contribution is -2.43. The number of carbonyl (C=O) groups excluding carboxylic acids is 1. The van der Waals surface area contributed by atoms with Crippen LogP contribution in [0.5, 0.6) is 0 Å². The fraction of sp³-hybridized carbons (Fsp3) is 0.308. The molecule has 0 saturated carbocycles. The highest BCUT2D eigenvalue weighted by Gasteiger charge is 2.17. The quantitative estimate of drug-likeness (QED) is 0.616. The van der Waals surface area contributed by atoms with Crippen LogP contribution in [0.3, 0.4) is 0 Å². The summed E-state index contributed by atoms with van der Waals surface area (Å²) in [5.74, 6) is 0.463. The molecule has 21 heavy (non-hydrogen) atoms. The Kier molecular flexibility index (Phi) is 7.77. The van der Waals surface area contributed by atoms with Gasteiger partial charge in [0.25, 0.3) is 5.17 Å². The van der Waals surface area contributed by atoms with Crippen molar-refractivity contribution in [2.24, 2.45) is 5.92 Å². The molecule has 1 atom stereocenters. The number of rotatable bonds is 7. The Morgan fingerprint density at radius 2 is 2.33 bits per heavy atom. The smallest absolute Gasteiger partial charge is 0.291 e. The van der Waals surface area contributed by atoms with Crippen LogP contribution in [0.1, 0.15) is 6.92 Å². The first-order valence-electron chi connectivity index (χ1n) is 6.09. The normalized spacial score (nSPS) is 12.7. The molecule has 114 valence electrons. The molecule has 1 unspecified atom stereocenters. The van der Waals surface area contributed by atoms with Gasteiger partial charge in [-0.15, -0.1) is 0 Å². The minimum absolute atomic E-state index is 0.00941. The molecular weight excluding hydrogens is 376 g/mol. The average molecular weight is 393 g/mol. The maximum absolute atomic E-state index is 12.0. The SMILES string of the molecule is CSCC(C)C(=O)N/C(=C/Nc1cncc(Br)c1)C(=[NH2+])Cl. The number of aromatic nitrogens is 1. The van der Waals surface area contributed by atoms with Gasteiger partial charge >= 0.3 is 0 Å². The van der Waals surface area contributed by atoms with Gasteiger partial charge < -0.3 is 10.6 Å². The van der Waals surface area contributed by atoms with E-state index in [4.69, 9.17) is 17.0 Å². The number of halogens is 2. The van der Waals surface area contributed by atoms with Crippen molar-refractivity contribution >= 4 is 56.1 Å². The number of nitrogens with one attached hydrogen (secondary N) is 2. The van der Waals surface area contributed by atoms with Gasteiger partial charge in [0.2, 0.25) is 5.91 Å². The predicted molar refractivity (Wildman–Crippen MR) is 92.1 cm³/mol. The lowest BCUT2D eigenvalue weighted by atomic mass is 10.2. The molecule has 0 bridgehead atoms. The van der Waals surface area contributed by atoms with Gasteiger partial charge in [-0.25, -0.2) is 5.41 Å². The summed E-state index contributed by atoms with van der Waals surface area (Å²) in [4.78, 5) is 16.0. The highest BCUT2D eigenvalue weighted by atomic mass is 79.9. The molecule has 8 heteroatoms. The van der Waals surface area contributed by atoms with Crippen molar-refractivity contribution in [3.8, 4) is 0 Å². The molecule has 0 aliphatic rings. The summed E-state index contributed by atoms with van der Waals surface area (Å²) < 4.78 is 0.836. The maximum atomic E-state index is 12.0. The van der Waals surface area contributed by atoms with Gasteiger partial charge in [0, 0.05) is 28.5 Å². The second kappa shape index (κ2) is 9.07. The van der Waals surface area contributed by atoms with E-state index in [1.807, 2.05) is 19.2 Å². The van der Waals surface area contributed by atoms with Crippen LogP contribution in [0.2, 0.25) is 0 Å². The van der Waals surface area contributed by atoms with Gasteiger partial charge in [-0.2, -0.15) is 11.8 Å². The van der Waals surface area contributed by atoms with E-state index in [2.05, 4.69) is 31.5 Å². The number of nitrogens with zero attached hydrogens (tertiary/aromatic N) is 1. The van der Waals surface area contributed by atoms with Crippen molar-refractivity contribution < 1.29 is 10.2 Å². The third-order valence-corrected chi connectivity index (χ3v) is 3.94. The van der Waals surface area contributed by atoms with Crippen LogP contribution in [0.4, 0.5) is 5.69 Å². The molecule has 1 heterocycles. The first-order valence-corrected chi connectivity index (χ1v) is 8.66. The van der Waals surface area contributed by atoms with E-state index in [1.165, 1.54) is 6.20 Å². The minimum Gasteiger partial charge on any atom is -0.358 e. The van der Waals surface area contributed by atoms with Crippen LogP contribution in [-0.4, -0.2) is 28.1 Å². The summed E-state index contributed by atoms with van der Waals surface area (Å²) in [6, 6.07) is 1.84. The van der Waals surface area contributed by atoms with Crippen molar-refractivity contribution in [1.29, 1.82) is 0 Å². The zero-order valence-electron chi connectivity index (χ0n) is 11.7. The van der Waals surface area contributed by atoms with Gasteiger partial charge in [-0.1, -0.05) is 6.92 Å². The number of allylic oxidation sites excluding steroid dienone is 1. The number of anilines is 1. The number of nitrogens with two attached hydrogens (primary N) is 1. The Hall–Kier alpha value is -1.05. The number of hydrogen-bond donors (Lipinski definition) is 3. The Balaban J connectivity index is 2.75. The lowest BCUT2D eigenvalue weighted by Gasteiger charge is -2.11. The van der Waals surface area contributed by atoms with E-state index < -0.39 is 0 Å². The van der Waals surface area contributed by atoms with Crippen molar-refractivity contribution in [2.45, 2.75) is 6.92 Å². The standard InChI is InChI=1S/C13H16BrClN4OS/c1-8(7-21-2)13(20)19-11(12(15)16)6-18-10-3-9(14)4-17-5-10/h3-6,8,16,18H,7H2,1-2H3,(H,19,20)/p+1/b11-6+,16-12?. The van der Waals surface area contributed by atoms with Crippen molar-refractivity contribution in [1.82, 2.24) is 10.3 Å². The van der Waals surface area contributed by atoms with E-state index >= 15 is 0 Å². The summed E-state index contributed by atoms with van der Waals surface area (Å²) >= 11 is 10.7. The first-order chi connectivity index (χ1) is 9.93.